The number of nitrogens with one attached hydrogen (secondary N) is 4. The first kappa shape index (κ1) is 60.5. The predicted molar refractivity (Wildman–Crippen MR) is 350 cm³/mol. The predicted octanol–water partition coefficient (Wildman–Crippen LogP) is 14.3. The van der Waals surface area contributed by atoms with Gasteiger partial charge in [0.1, 0.15) is 23.8 Å². The molecule has 430 valence electrons. The van der Waals surface area contributed by atoms with E-state index in [1.165, 1.54) is 33.8 Å². The van der Waals surface area contributed by atoms with E-state index in [0.717, 1.165) is 145 Å². The van der Waals surface area contributed by atoms with E-state index < -0.39 is 0 Å². The minimum absolute atomic E-state index is 0.0651. The van der Waals surface area contributed by atoms with Crippen LogP contribution in [0.2, 0.25) is 0 Å². The average molecular weight is 1110 g/mol. The summed E-state index contributed by atoms with van der Waals surface area (Å²) in [7, 11) is 8.31. The molecule has 6 aromatic rings. The van der Waals surface area contributed by atoms with Gasteiger partial charge in [-0.05, 0) is 154 Å². The van der Waals surface area contributed by atoms with Crippen molar-refractivity contribution < 1.29 is 14.9 Å². The number of nitrogens with two attached hydrogens (primary N) is 1. The average Bonchev–Trinajstić information content (AvgIpc) is 3.69. The largest absolute Gasteiger partial charge is 0.385 e. The van der Waals surface area contributed by atoms with Gasteiger partial charge in [0.2, 0.25) is 11.4 Å². The van der Waals surface area contributed by atoms with Crippen molar-refractivity contribution >= 4 is 75.5 Å². The summed E-state index contributed by atoms with van der Waals surface area (Å²) in [6.45, 7) is 16.1. The molecule has 0 unspecified atom stereocenters. The van der Waals surface area contributed by atoms with Crippen molar-refractivity contribution in [1.82, 2.24) is 25.4 Å². The highest BCUT2D eigenvalue weighted by Crippen LogP contribution is 2.39. The summed E-state index contributed by atoms with van der Waals surface area (Å²) in [6.07, 6.45) is 18.4. The van der Waals surface area contributed by atoms with Crippen molar-refractivity contribution in [2.75, 3.05) is 64.6 Å². The van der Waals surface area contributed by atoms with Crippen LogP contribution in [0.3, 0.4) is 0 Å². The molecule has 0 saturated heterocycles. The van der Waals surface area contributed by atoms with E-state index in [0.29, 0.717) is 24.2 Å². The third-order valence-electron chi connectivity index (χ3n) is 15.4. The second-order valence-electron chi connectivity index (χ2n) is 22.3. The lowest BCUT2D eigenvalue weighted by Crippen LogP contribution is -2.71. The number of amides is 2. The number of allylic oxidation sites excluding steroid dienone is 6. The number of rotatable bonds is 27. The zero-order valence-corrected chi connectivity index (χ0v) is 50.2. The fourth-order valence-electron chi connectivity index (χ4n) is 10.8. The van der Waals surface area contributed by atoms with Gasteiger partial charge in [-0.15, -0.1) is 0 Å². The SMILES string of the molecule is C=[N+](c1ccccc1)c1c(N=C2C=C(C)C(N(C)C)=CC2)ccc(NCCCCCCNC(=O)c2ccc(-c3ccc(C(=O)NCCCCCCNC4=C(C)CC(=Nc5cc(C)c(N(C)C)cc5[NH2+]c5ccccc5)C=C4)cc3)cc2)c1C. The summed E-state index contributed by atoms with van der Waals surface area (Å²) in [5.74, 6) is -0.137. The molecule has 0 aliphatic heterocycles. The van der Waals surface area contributed by atoms with Crippen molar-refractivity contribution in [3.63, 3.8) is 0 Å². The Labute approximate surface area is 493 Å². The molecule has 6 N–H and O–H groups in total. The summed E-state index contributed by atoms with van der Waals surface area (Å²) in [6, 6.07) is 44.6. The van der Waals surface area contributed by atoms with Crippen LogP contribution in [0, 0.1) is 13.8 Å². The van der Waals surface area contributed by atoms with Gasteiger partial charge >= 0.3 is 0 Å². The van der Waals surface area contributed by atoms with Crippen LogP contribution in [-0.2, 0) is 0 Å². The molecule has 0 radical (unpaired) electrons. The number of carbonyl (C=O) groups is 2. The maximum absolute atomic E-state index is 13.1. The standard InChI is InChI=1S/C71H84N10O2/c1-50-46-59(78-65-48-52(3)68(80(7)8)49-66(65)76-58-24-16-14-17-25-58)36-38-62(50)72-42-20-10-12-22-44-74-70(82)56-32-28-54(29-33-56)55-30-34-57(35-31-55)71(83)75-45-23-13-11-21-43-73-63-39-40-64(77-60-37-41-67(79(5)6)51(2)47-60)69(53(63)4)81(9)61-26-18-15-19-27-61/h14-19,24-36,38-41,47-49,72-73,76H,9-13,20-23,37,42-46H2,1-8H3,(H-,74,75,82,83)/p+2. The highest BCUT2D eigenvalue weighted by molar-refractivity contribution is 6.02. The summed E-state index contributed by atoms with van der Waals surface area (Å²) in [5, 5.41) is 15.7. The molecule has 0 saturated carbocycles. The molecule has 12 heteroatoms. The first-order chi connectivity index (χ1) is 40.2. The van der Waals surface area contributed by atoms with Crippen LogP contribution in [0.25, 0.3) is 11.1 Å². The number of nitrogens with zero attached hydrogens (tertiary/aromatic N) is 5. The van der Waals surface area contributed by atoms with E-state index in [1.807, 2.05) is 77.4 Å². The Bertz CT molecular complexity index is 3400. The van der Waals surface area contributed by atoms with Gasteiger partial charge in [0, 0.05) is 136 Å². The summed E-state index contributed by atoms with van der Waals surface area (Å²) in [4.78, 5) is 40.7. The van der Waals surface area contributed by atoms with E-state index in [1.54, 1.807) is 0 Å². The van der Waals surface area contributed by atoms with Crippen molar-refractivity contribution in [3.8, 4) is 11.1 Å². The van der Waals surface area contributed by atoms with Crippen LogP contribution < -0.4 is 36.1 Å². The number of hydrogen-bond donors (Lipinski definition) is 5. The zero-order chi connectivity index (χ0) is 58.7. The van der Waals surface area contributed by atoms with E-state index in [-0.39, 0.29) is 11.8 Å². The molecule has 0 atom stereocenters. The molecule has 0 fully saturated rings. The van der Waals surface area contributed by atoms with Gasteiger partial charge in [0.25, 0.3) is 11.8 Å². The molecule has 83 heavy (non-hydrogen) atoms. The quantitative estimate of drug-likeness (QED) is 0.0151. The number of carbonyl (C=O) groups excluding carboxylic acids is 2. The van der Waals surface area contributed by atoms with Gasteiger partial charge in [-0.1, -0.05) is 92.4 Å². The minimum atomic E-state index is -0.0722. The third kappa shape index (κ3) is 17.0. The molecule has 2 amide bonds. The molecule has 0 bridgehead atoms. The van der Waals surface area contributed by atoms with Crippen LogP contribution in [0.5, 0.6) is 0 Å². The number of anilines is 2. The first-order valence-electron chi connectivity index (χ1n) is 29.6. The van der Waals surface area contributed by atoms with Crippen molar-refractivity contribution in [3.05, 3.63) is 203 Å². The smallest absolute Gasteiger partial charge is 0.251 e. The Morgan fingerprint density at radius 1 is 0.602 bits per heavy atom. The Kier molecular flexibility index (Phi) is 21.8. The van der Waals surface area contributed by atoms with E-state index in [2.05, 4.69) is 184 Å². The number of quaternary nitrogens is 1. The Morgan fingerprint density at radius 3 is 1.73 bits per heavy atom. The van der Waals surface area contributed by atoms with E-state index in [9.17, 15) is 9.59 Å². The third-order valence-corrected chi connectivity index (χ3v) is 15.4. The molecule has 0 spiro atoms. The van der Waals surface area contributed by atoms with Crippen LogP contribution in [0.1, 0.15) is 110 Å². The van der Waals surface area contributed by atoms with Gasteiger partial charge in [-0.25, -0.2) is 9.98 Å². The van der Waals surface area contributed by atoms with Gasteiger partial charge in [-0.3, -0.25) is 14.9 Å². The highest BCUT2D eigenvalue weighted by Gasteiger charge is 2.23. The van der Waals surface area contributed by atoms with E-state index >= 15 is 0 Å². The summed E-state index contributed by atoms with van der Waals surface area (Å²) < 4.78 is 1.99. The zero-order valence-electron chi connectivity index (χ0n) is 50.2. The normalized spacial score (nSPS) is 14.1. The fourth-order valence-corrected chi connectivity index (χ4v) is 10.8. The summed E-state index contributed by atoms with van der Waals surface area (Å²) >= 11 is 0. The highest BCUT2D eigenvalue weighted by atomic mass is 16.2. The second-order valence-corrected chi connectivity index (χ2v) is 22.3. The van der Waals surface area contributed by atoms with Gasteiger partial charge in [0.05, 0.1) is 0 Å². The van der Waals surface area contributed by atoms with Crippen LogP contribution in [0.15, 0.2) is 190 Å². The number of likely N-dealkylation sites (N-methyl/N-ethyl adjacent to an activating group) is 1. The van der Waals surface area contributed by atoms with E-state index in [4.69, 9.17) is 9.98 Å². The number of aliphatic imine (C=N–C) groups is 2. The Morgan fingerprint density at radius 2 is 1.17 bits per heavy atom. The molecule has 2 aliphatic carbocycles. The van der Waals surface area contributed by atoms with Crippen LogP contribution in [-0.4, -0.2) is 89.2 Å². The lowest BCUT2D eigenvalue weighted by molar-refractivity contribution is -0.477. The molecule has 0 heterocycles. The molecular formula is C71H86N10O2+2. The topological polar surface area (TPSA) is 133 Å². The molecule has 0 aromatic heterocycles. The fraction of sp³-hybridized carbons (Fsp3) is 0.310. The molecular weight excluding hydrogens is 1020 g/mol. The van der Waals surface area contributed by atoms with Gasteiger partial charge in [-0.2, -0.15) is 4.58 Å². The van der Waals surface area contributed by atoms with Crippen molar-refractivity contribution in [1.29, 1.82) is 0 Å². The number of unbranched alkanes of at least 4 members (excludes halogenated alkanes) is 6. The van der Waals surface area contributed by atoms with Crippen LogP contribution in [0.4, 0.5) is 45.5 Å². The number of aryl methyl sites for hydroxylation is 1. The van der Waals surface area contributed by atoms with Crippen molar-refractivity contribution in [2.24, 2.45) is 9.98 Å². The van der Waals surface area contributed by atoms with Crippen molar-refractivity contribution in [2.45, 2.75) is 91.9 Å². The molecule has 2 aliphatic rings. The first-order valence-corrected chi connectivity index (χ1v) is 29.6. The number of hydrogen-bond acceptors (Lipinski definition) is 8. The Balaban J connectivity index is 0.696. The van der Waals surface area contributed by atoms with Crippen LogP contribution >= 0.6 is 0 Å². The monoisotopic (exact) mass is 1110 g/mol. The van der Waals surface area contributed by atoms with Gasteiger partial charge < -0.3 is 31.1 Å². The lowest BCUT2D eigenvalue weighted by atomic mass is 10.0. The lowest BCUT2D eigenvalue weighted by Gasteiger charge is -2.21. The molecule has 6 aromatic carbocycles. The number of benzene rings is 6. The maximum atomic E-state index is 13.1. The second kappa shape index (κ2) is 29.9. The van der Waals surface area contributed by atoms with Gasteiger partial charge in [0.15, 0.2) is 5.69 Å². The maximum Gasteiger partial charge on any atom is 0.251 e. The molecule has 12 nitrogen and oxygen atoms in total. The number of para-hydroxylation sites is 2. The molecule has 8 rings (SSSR count). The minimum Gasteiger partial charge on any atom is -0.385 e. The summed E-state index contributed by atoms with van der Waals surface area (Å²) in [5.41, 5.74) is 20.9. The Hall–Kier alpha value is -8.61.